The van der Waals surface area contributed by atoms with Crippen LogP contribution in [0.2, 0.25) is 0 Å². The highest BCUT2D eigenvalue weighted by Crippen LogP contribution is 2.47. The summed E-state index contributed by atoms with van der Waals surface area (Å²) in [7, 11) is 0. The maximum atomic E-state index is 12.6. The first-order valence-corrected chi connectivity index (χ1v) is 13.4. The van der Waals surface area contributed by atoms with Gasteiger partial charge in [-0.15, -0.1) is 0 Å². The van der Waals surface area contributed by atoms with Crippen molar-refractivity contribution in [3.63, 3.8) is 0 Å². The number of carbonyl (C=O) groups excluding carboxylic acids is 1. The number of imidazole rings is 1. The van der Waals surface area contributed by atoms with Gasteiger partial charge in [0.05, 0.1) is 25.1 Å². The van der Waals surface area contributed by atoms with E-state index < -0.39 is 24.2 Å². The lowest BCUT2D eigenvalue weighted by atomic mass is 10.0. The van der Waals surface area contributed by atoms with Gasteiger partial charge in [-0.05, 0) is 44.9 Å². The first kappa shape index (κ1) is 26.1. The molecule has 2 fully saturated rings. The van der Waals surface area contributed by atoms with Crippen molar-refractivity contribution in [3.8, 4) is 5.75 Å². The highest BCUT2D eigenvalue weighted by molar-refractivity contribution is 6.03. The van der Waals surface area contributed by atoms with Crippen LogP contribution in [-0.2, 0) is 14.2 Å². The van der Waals surface area contributed by atoms with E-state index in [-0.39, 0.29) is 24.0 Å². The number of carbonyl (C=O) groups is 1. The molecule has 3 aliphatic rings. The molecule has 10 nitrogen and oxygen atoms in total. The van der Waals surface area contributed by atoms with Crippen molar-refractivity contribution in [1.29, 1.82) is 0 Å². The number of aliphatic imine (C=N–C) groups is 1. The van der Waals surface area contributed by atoms with E-state index >= 15 is 0 Å². The fourth-order valence-corrected chi connectivity index (χ4v) is 5.27. The SMILES string of the molecule is C=C1[C@@H]2COC(c3ccccc3)O[C@H]2C[C@@H]1n1cnc2c1NC(NC(=O)OC(C)(C)C)=NC2Oc1ccccc1. The van der Waals surface area contributed by atoms with Gasteiger partial charge in [0.25, 0.3) is 0 Å². The van der Waals surface area contributed by atoms with Crippen LogP contribution in [-0.4, -0.2) is 39.9 Å². The van der Waals surface area contributed by atoms with Crippen molar-refractivity contribution in [2.75, 3.05) is 11.9 Å². The zero-order valence-corrected chi connectivity index (χ0v) is 22.7. The van der Waals surface area contributed by atoms with E-state index in [9.17, 15) is 4.79 Å². The molecule has 0 spiro atoms. The lowest BCUT2D eigenvalue weighted by Gasteiger charge is -2.33. The number of alkyl carbamates (subject to hydrolysis) is 1. The maximum absolute atomic E-state index is 12.6. The summed E-state index contributed by atoms with van der Waals surface area (Å²) < 4.78 is 26.1. The molecule has 2 unspecified atom stereocenters. The Labute approximate surface area is 233 Å². The summed E-state index contributed by atoms with van der Waals surface area (Å²) >= 11 is 0. The van der Waals surface area contributed by atoms with Crippen molar-refractivity contribution < 1.29 is 23.7 Å². The second-order valence-electron chi connectivity index (χ2n) is 11.1. The van der Waals surface area contributed by atoms with E-state index in [2.05, 4.69) is 27.2 Å². The zero-order chi connectivity index (χ0) is 27.9. The Bertz CT molecular complexity index is 1420. The summed E-state index contributed by atoms with van der Waals surface area (Å²) in [6.07, 6.45) is 0.584. The van der Waals surface area contributed by atoms with Crippen LogP contribution in [0.3, 0.4) is 0 Å². The first-order chi connectivity index (χ1) is 19.2. The maximum Gasteiger partial charge on any atom is 0.414 e. The Balaban J connectivity index is 1.26. The third-order valence-electron chi connectivity index (χ3n) is 7.09. The number of fused-ring (bicyclic) bond motifs is 2. The fraction of sp³-hybridized carbons (Fsp3) is 0.367. The Morgan fingerprint density at radius 3 is 2.58 bits per heavy atom. The third kappa shape index (κ3) is 5.32. The molecule has 1 aliphatic carbocycles. The predicted molar refractivity (Wildman–Crippen MR) is 149 cm³/mol. The van der Waals surface area contributed by atoms with E-state index in [0.29, 0.717) is 30.3 Å². The number of ether oxygens (including phenoxy) is 4. The van der Waals surface area contributed by atoms with Gasteiger partial charge in [0.1, 0.15) is 22.9 Å². The molecule has 1 aromatic heterocycles. The van der Waals surface area contributed by atoms with Crippen LogP contribution < -0.4 is 15.4 Å². The second kappa shape index (κ2) is 10.4. The van der Waals surface area contributed by atoms with Gasteiger partial charge in [-0.25, -0.2) is 14.8 Å². The molecular weight excluding hydrogens is 510 g/mol. The van der Waals surface area contributed by atoms with Crippen molar-refractivity contribution in [2.45, 2.75) is 57.5 Å². The minimum atomic E-state index is -0.788. The highest BCUT2D eigenvalue weighted by Gasteiger charge is 2.45. The number of benzene rings is 2. The third-order valence-corrected chi connectivity index (χ3v) is 7.09. The van der Waals surface area contributed by atoms with Crippen molar-refractivity contribution in [1.82, 2.24) is 14.9 Å². The smallest absolute Gasteiger partial charge is 0.414 e. The lowest BCUT2D eigenvalue weighted by molar-refractivity contribution is -0.229. The van der Waals surface area contributed by atoms with Crippen LogP contribution in [0.5, 0.6) is 5.75 Å². The number of rotatable bonds is 4. The summed E-state index contributed by atoms with van der Waals surface area (Å²) in [5, 5.41) is 5.95. The molecule has 1 saturated carbocycles. The Hall–Kier alpha value is -4.15. The van der Waals surface area contributed by atoms with E-state index in [4.69, 9.17) is 18.9 Å². The number of amides is 1. The quantitative estimate of drug-likeness (QED) is 0.419. The Morgan fingerprint density at radius 2 is 1.85 bits per heavy atom. The van der Waals surface area contributed by atoms with Crippen LogP contribution in [0.1, 0.15) is 57.0 Å². The van der Waals surface area contributed by atoms with Gasteiger partial charge in [0, 0.05) is 11.5 Å². The summed E-state index contributed by atoms with van der Waals surface area (Å²) in [5.74, 6) is 1.54. The molecule has 10 heteroatoms. The normalized spacial score (nSPS) is 25.7. The molecule has 5 atom stereocenters. The number of guanidine groups is 1. The van der Waals surface area contributed by atoms with Crippen LogP contribution in [0.15, 0.2) is 84.1 Å². The summed E-state index contributed by atoms with van der Waals surface area (Å²) in [6.45, 7) is 10.4. The van der Waals surface area contributed by atoms with E-state index in [0.717, 1.165) is 11.1 Å². The molecule has 6 rings (SSSR count). The second-order valence-corrected chi connectivity index (χ2v) is 11.1. The Kier molecular flexibility index (Phi) is 6.81. The number of hydrogen-bond donors (Lipinski definition) is 2. The standard InChI is InChI=1S/C30H33N5O5/c1-18-21-16-37-27(19-11-7-5-8-12-19)39-23(21)15-22(18)35-17-31-24-25(35)32-28(34-29(36)40-30(2,3)4)33-26(24)38-20-13-9-6-10-14-20/h5-14,17,21-23,26-27H,1,15-16H2,2-4H3,(H2,32,33,34,36)/t21-,22-,23-,26?,27?/m0/s1. The molecular formula is C30H33N5O5. The number of nitrogens with zero attached hydrogens (tertiary/aromatic N) is 3. The van der Waals surface area contributed by atoms with Gasteiger partial charge in [-0.2, -0.15) is 0 Å². The van der Waals surface area contributed by atoms with Crippen LogP contribution in [0.25, 0.3) is 0 Å². The molecule has 2 aliphatic heterocycles. The van der Waals surface area contributed by atoms with Gasteiger partial charge in [-0.1, -0.05) is 55.1 Å². The topological polar surface area (TPSA) is 108 Å². The molecule has 1 saturated heterocycles. The monoisotopic (exact) mass is 543 g/mol. The average molecular weight is 544 g/mol. The van der Waals surface area contributed by atoms with Gasteiger partial charge < -0.3 is 28.8 Å². The molecule has 0 radical (unpaired) electrons. The number of anilines is 1. The molecule has 0 bridgehead atoms. The highest BCUT2D eigenvalue weighted by atomic mass is 16.7. The average Bonchev–Trinajstić information content (AvgIpc) is 3.49. The van der Waals surface area contributed by atoms with Gasteiger partial charge in [0.2, 0.25) is 12.2 Å². The number of hydrogen-bond acceptors (Lipinski definition) is 8. The minimum absolute atomic E-state index is 0.0518. The Morgan fingerprint density at radius 1 is 1.12 bits per heavy atom. The summed E-state index contributed by atoms with van der Waals surface area (Å²) in [4.78, 5) is 21.9. The molecule has 3 aromatic rings. The number of para-hydroxylation sites is 1. The number of aromatic nitrogens is 2. The predicted octanol–water partition coefficient (Wildman–Crippen LogP) is 5.50. The molecule has 2 N–H and O–H groups in total. The fourth-order valence-electron chi connectivity index (χ4n) is 5.27. The molecule has 208 valence electrons. The minimum Gasteiger partial charge on any atom is -0.463 e. The van der Waals surface area contributed by atoms with Crippen LogP contribution in [0.4, 0.5) is 10.6 Å². The summed E-state index contributed by atoms with van der Waals surface area (Å²) in [5.41, 5.74) is 1.93. The van der Waals surface area contributed by atoms with Gasteiger partial charge in [0.15, 0.2) is 6.29 Å². The van der Waals surface area contributed by atoms with Crippen LogP contribution >= 0.6 is 0 Å². The van der Waals surface area contributed by atoms with Gasteiger partial charge >= 0.3 is 6.09 Å². The first-order valence-electron chi connectivity index (χ1n) is 13.4. The van der Waals surface area contributed by atoms with Crippen molar-refractivity contribution in [3.05, 3.63) is 90.4 Å². The molecule has 1 amide bonds. The van der Waals surface area contributed by atoms with Crippen LogP contribution in [0, 0.1) is 5.92 Å². The van der Waals surface area contributed by atoms with E-state index in [1.165, 1.54) is 0 Å². The van der Waals surface area contributed by atoms with Crippen molar-refractivity contribution >= 4 is 17.9 Å². The summed E-state index contributed by atoms with van der Waals surface area (Å²) in [6, 6.07) is 19.2. The molecule has 3 heterocycles. The van der Waals surface area contributed by atoms with E-state index in [1.54, 1.807) is 27.1 Å². The van der Waals surface area contributed by atoms with Crippen molar-refractivity contribution in [2.24, 2.45) is 10.9 Å². The molecule has 40 heavy (non-hydrogen) atoms. The zero-order valence-electron chi connectivity index (χ0n) is 22.7. The molecule has 2 aromatic carbocycles. The van der Waals surface area contributed by atoms with E-state index in [1.807, 2.05) is 65.2 Å². The lowest BCUT2D eigenvalue weighted by Crippen LogP contribution is -2.42. The van der Waals surface area contributed by atoms with Gasteiger partial charge in [-0.3, -0.25) is 5.32 Å². The largest absolute Gasteiger partial charge is 0.463 e. The number of nitrogens with one attached hydrogen (secondary N) is 2.